The Morgan fingerprint density at radius 2 is 1.70 bits per heavy atom. The fourth-order valence-corrected chi connectivity index (χ4v) is 2.75. The molecule has 1 aromatic carbocycles. The van der Waals surface area contributed by atoms with Crippen LogP contribution in [0.2, 0.25) is 0 Å². The van der Waals surface area contributed by atoms with Gasteiger partial charge in [0, 0.05) is 50.4 Å². The highest BCUT2D eigenvalue weighted by Gasteiger charge is 2.31. The molecule has 0 unspecified atom stereocenters. The van der Waals surface area contributed by atoms with Gasteiger partial charge in [-0.25, -0.2) is 13.2 Å². The van der Waals surface area contributed by atoms with Crippen LogP contribution in [0.4, 0.5) is 18.9 Å². The summed E-state index contributed by atoms with van der Waals surface area (Å²) in [4.78, 5) is 4.36. The van der Waals surface area contributed by atoms with E-state index in [2.05, 4.69) is 4.90 Å². The van der Waals surface area contributed by atoms with Crippen molar-refractivity contribution < 1.29 is 13.2 Å². The van der Waals surface area contributed by atoms with Crippen molar-refractivity contribution in [2.45, 2.75) is 25.4 Å². The Hall–Kier alpha value is -1.27. The number of hydrogen-bond acceptors (Lipinski definition) is 3. The second kappa shape index (κ2) is 5.26. The van der Waals surface area contributed by atoms with Gasteiger partial charge in [-0.1, -0.05) is 0 Å². The van der Waals surface area contributed by atoms with Crippen LogP contribution in [0.5, 0.6) is 0 Å². The van der Waals surface area contributed by atoms with Crippen molar-refractivity contribution in [3.8, 4) is 0 Å². The van der Waals surface area contributed by atoms with Crippen LogP contribution in [0.1, 0.15) is 18.4 Å². The van der Waals surface area contributed by atoms with Crippen molar-refractivity contribution in [3.63, 3.8) is 0 Å². The van der Waals surface area contributed by atoms with Gasteiger partial charge in [-0.2, -0.15) is 0 Å². The number of halogens is 3. The molecule has 3 rings (SSSR count). The summed E-state index contributed by atoms with van der Waals surface area (Å²) in [5.41, 5.74) is 4.50. The molecule has 6 heteroatoms. The van der Waals surface area contributed by atoms with E-state index in [-0.39, 0.29) is 12.1 Å². The molecule has 110 valence electrons. The maximum absolute atomic E-state index is 13.8. The molecule has 0 spiro atoms. The molecule has 2 N–H and O–H groups in total. The molecular weight excluding hydrogens is 267 g/mol. The first-order valence-electron chi connectivity index (χ1n) is 6.94. The second-order valence-electron chi connectivity index (χ2n) is 5.60. The summed E-state index contributed by atoms with van der Waals surface area (Å²) in [6.07, 6.45) is 2.51. The molecule has 1 saturated heterocycles. The first-order valence-corrected chi connectivity index (χ1v) is 6.94. The molecule has 0 atom stereocenters. The summed E-state index contributed by atoms with van der Waals surface area (Å²) in [6.45, 7) is 3.41. The normalized spacial score (nSPS) is 21.4. The van der Waals surface area contributed by atoms with E-state index in [0.717, 1.165) is 32.2 Å². The Bertz CT molecular complexity index is 509. The lowest BCUT2D eigenvalue weighted by Gasteiger charge is -2.34. The Balaban J connectivity index is 1.67. The van der Waals surface area contributed by atoms with Crippen molar-refractivity contribution in [1.29, 1.82) is 0 Å². The third-order valence-corrected chi connectivity index (χ3v) is 4.13. The molecule has 20 heavy (non-hydrogen) atoms. The Kier molecular flexibility index (Phi) is 3.60. The minimum absolute atomic E-state index is 0.0906. The zero-order valence-electron chi connectivity index (χ0n) is 11.2. The summed E-state index contributed by atoms with van der Waals surface area (Å²) in [7, 11) is 0. The van der Waals surface area contributed by atoms with Crippen LogP contribution in [-0.2, 0) is 6.54 Å². The first kappa shape index (κ1) is 13.7. The van der Waals surface area contributed by atoms with Gasteiger partial charge < -0.3 is 5.73 Å². The van der Waals surface area contributed by atoms with E-state index in [0.29, 0.717) is 6.04 Å². The van der Waals surface area contributed by atoms with E-state index in [9.17, 15) is 13.2 Å². The highest BCUT2D eigenvalue weighted by atomic mass is 19.2. The minimum atomic E-state index is -1.16. The lowest BCUT2D eigenvalue weighted by atomic mass is 10.1. The van der Waals surface area contributed by atoms with Crippen LogP contribution in [0.3, 0.4) is 0 Å². The quantitative estimate of drug-likeness (QED) is 0.681. The molecule has 3 nitrogen and oxygen atoms in total. The number of nitrogens with two attached hydrogens (primary N) is 1. The fraction of sp³-hybridized carbons (Fsp3) is 0.571. The molecule has 1 heterocycles. The van der Waals surface area contributed by atoms with Crippen LogP contribution in [0.25, 0.3) is 0 Å². The van der Waals surface area contributed by atoms with Crippen molar-refractivity contribution in [3.05, 3.63) is 29.1 Å². The van der Waals surface area contributed by atoms with Crippen LogP contribution in [0.15, 0.2) is 6.07 Å². The van der Waals surface area contributed by atoms with Crippen molar-refractivity contribution in [2.24, 2.45) is 0 Å². The number of nitrogens with zero attached hydrogens (tertiary/aromatic N) is 2. The van der Waals surface area contributed by atoms with Gasteiger partial charge in [0.1, 0.15) is 5.82 Å². The second-order valence-corrected chi connectivity index (χ2v) is 5.60. The van der Waals surface area contributed by atoms with E-state index in [1.807, 2.05) is 4.90 Å². The molecular formula is C14H18F3N3. The molecule has 0 amide bonds. The predicted octanol–water partition coefficient (Wildman–Crippen LogP) is 1.97. The third-order valence-electron chi connectivity index (χ3n) is 4.13. The molecule has 0 radical (unpaired) electrons. The van der Waals surface area contributed by atoms with E-state index >= 15 is 0 Å². The summed E-state index contributed by atoms with van der Waals surface area (Å²) in [5.74, 6) is -3.09. The van der Waals surface area contributed by atoms with Gasteiger partial charge in [0.2, 0.25) is 0 Å². The van der Waals surface area contributed by atoms with Gasteiger partial charge in [0.15, 0.2) is 11.6 Å². The number of anilines is 1. The number of benzene rings is 1. The molecule has 0 bridgehead atoms. The minimum Gasteiger partial charge on any atom is -0.396 e. The average molecular weight is 285 g/mol. The number of nitrogen functional groups attached to an aromatic ring is 1. The van der Waals surface area contributed by atoms with E-state index in [1.54, 1.807) is 0 Å². The highest BCUT2D eigenvalue weighted by molar-refractivity contribution is 5.43. The summed E-state index contributed by atoms with van der Waals surface area (Å²) in [6, 6.07) is 1.56. The number of hydrogen-bond donors (Lipinski definition) is 1. The molecule has 2 aliphatic rings. The molecule has 1 saturated carbocycles. The summed E-state index contributed by atoms with van der Waals surface area (Å²) in [5, 5.41) is 0. The third kappa shape index (κ3) is 2.62. The number of piperazine rings is 1. The standard InChI is InChI=1S/C14H18F3N3/c15-11-7-12(18)14(17)13(16)10(11)8-19-3-5-20(6-4-19)9-1-2-9/h7,9H,1-6,8,18H2. The van der Waals surface area contributed by atoms with Crippen molar-refractivity contribution in [2.75, 3.05) is 31.9 Å². The maximum atomic E-state index is 13.8. The molecule has 1 aromatic rings. The Morgan fingerprint density at radius 1 is 1.05 bits per heavy atom. The molecule has 1 aliphatic heterocycles. The lowest BCUT2D eigenvalue weighted by Crippen LogP contribution is -2.46. The Labute approximate surface area is 116 Å². The van der Waals surface area contributed by atoms with Crippen molar-refractivity contribution >= 4 is 5.69 Å². The zero-order chi connectivity index (χ0) is 14.3. The topological polar surface area (TPSA) is 32.5 Å². The van der Waals surface area contributed by atoms with Crippen LogP contribution >= 0.6 is 0 Å². The smallest absolute Gasteiger partial charge is 0.182 e. The molecule has 0 aromatic heterocycles. The maximum Gasteiger partial charge on any atom is 0.182 e. The summed E-state index contributed by atoms with van der Waals surface area (Å²) < 4.78 is 40.9. The van der Waals surface area contributed by atoms with E-state index in [4.69, 9.17) is 5.73 Å². The SMILES string of the molecule is Nc1cc(F)c(CN2CCN(C3CC3)CC2)c(F)c1F. The molecule has 1 aliphatic carbocycles. The summed E-state index contributed by atoms with van der Waals surface area (Å²) >= 11 is 0. The van der Waals surface area contributed by atoms with Gasteiger partial charge in [-0.15, -0.1) is 0 Å². The lowest BCUT2D eigenvalue weighted by molar-refractivity contribution is 0.119. The first-order chi connectivity index (χ1) is 9.56. The average Bonchev–Trinajstić information content (AvgIpc) is 3.26. The van der Waals surface area contributed by atoms with Gasteiger partial charge in [-0.05, 0) is 12.8 Å². The fourth-order valence-electron chi connectivity index (χ4n) is 2.75. The van der Waals surface area contributed by atoms with E-state index in [1.165, 1.54) is 12.8 Å². The van der Waals surface area contributed by atoms with Crippen LogP contribution < -0.4 is 5.73 Å². The van der Waals surface area contributed by atoms with E-state index < -0.39 is 23.1 Å². The van der Waals surface area contributed by atoms with Gasteiger partial charge >= 0.3 is 0 Å². The largest absolute Gasteiger partial charge is 0.396 e. The molecule has 2 fully saturated rings. The Morgan fingerprint density at radius 3 is 2.30 bits per heavy atom. The zero-order valence-corrected chi connectivity index (χ0v) is 11.2. The predicted molar refractivity (Wildman–Crippen MR) is 70.6 cm³/mol. The van der Waals surface area contributed by atoms with Gasteiger partial charge in [-0.3, -0.25) is 9.80 Å². The number of rotatable bonds is 3. The monoisotopic (exact) mass is 285 g/mol. The van der Waals surface area contributed by atoms with Crippen molar-refractivity contribution in [1.82, 2.24) is 9.80 Å². The van der Waals surface area contributed by atoms with Crippen LogP contribution in [0, 0.1) is 17.5 Å². The van der Waals surface area contributed by atoms with Crippen LogP contribution in [-0.4, -0.2) is 42.0 Å². The highest BCUT2D eigenvalue weighted by Crippen LogP contribution is 2.28. The van der Waals surface area contributed by atoms with Gasteiger partial charge in [0.25, 0.3) is 0 Å². The van der Waals surface area contributed by atoms with Gasteiger partial charge in [0.05, 0.1) is 5.69 Å².